The molecule has 0 aliphatic carbocycles. The highest BCUT2D eigenvalue weighted by atomic mass is 19.1. The zero-order valence-electron chi connectivity index (χ0n) is 11.5. The van der Waals surface area contributed by atoms with Crippen molar-refractivity contribution >= 4 is 5.69 Å². The van der Waals surface area contributed by atoms with Crippen LogP contribution >= 0.6 is 0 Å². The third-order valence-corrected chi connectivity index (χ3v) is 3.03. The Hall–Kier alpha value is -2.69. The number of aryl methyl sites for hydroxylation is 1. The third kappa shape index (κ3) is 3.25. The summed E-state index contributed by atoms with van der Waals surface area (Å²) in [5.41, 5.74) is 2.72. The zero-order chi connectivity index (χ0) is 14.7. The summed E-state index contributed by atoms with van der Waals surface area (Å²) in [7, 11) is 0. The number of nitrogens with zero attached hydrogens (tertiary/aromatic N) is 2. The molecule has 21 heavy (non-hydrogen) atoms. The van der Waals surface area contributed by atoms with Crippen LogP contribution in [0.1, 0.15) is 11.5 Å². The van der Waals surface area contributed by atoms with Crippen LogP contribution < -0.4 is 5.32 Å². The normalized spacial score (nSPS) is 10.6. The highest BCUT2D eigenvalue weighted by molar-refractivity contribution is 5.53. The van der Waals surface area contributed by atoms with Crippen LogP contribution in [0.15, 0.2) is 52.9 Å². The first-order valence-electron chi connectivity index (χ1n) is 6.59. The molecule has 1 N–H and O–H groups in total. The fraction of sp³-hybridized carbons (Fsp3) is 0.125. The van der Waals surface area contributed by atoms with Crippen molar-refractivity contribution in [2.75, 3.05) is 5.32 Å². The number of hydrogen-bond acceptors (Lipinski definition) is 4. The van der Waals surface area contributed by atoms with Gasteiger partial charge in [-0.15, -0.1) is 10.2 Å². The van der Waals surface area contributed by atoms with Crippen molar-refractivity contribution in [2.24, 2.45) is 0 Å². The molecular weight excluding hydrogens is 269 g/mol. The van der Waals surface area contributed by atoms with Crippen LogP contribution in [0.2, 0.25) is 0 Å². The van der Waals surface area contributed by atoms with Crippen LogP contribution in [0.3, 0.4) is 0 Å². The quantitative estimate of drug-likeness (QED) is 0.791. The molecule has 0 spiro atoms. The van der Waals surface area contributed by atoms with Crippen molar-refractivity contribution in [3.05, 3.63) is 65.8 Å². The van der Waals surface area contributed by atoms with E-state index in [-0.39, 0.29) is 5.82 Å². The Kier molecular flexibility index (Phi) is 3.64. The second kappa shape index (κ2) is 5.75. The summed E-state index contributed by atoms with van der Waals surface area (Å²) >= 11 is 0. The van der Waals surface area contributed by atoms with Crippen molar-refractivity contribution in [1.29, 1.82) is 0 Å². The molecule has 0 aliphatic heterocycles. The van der Waals surface area contributed by atoms with Gasteiger partial charge in [0.1, 0.15) is 5.82 Å². The lowest BCUT2D eigenvalue weighted by atomic mass is 10.1. The van der Waals surface area contributed by atoms with Gasteiger partial charge in [-0.1, -0.05) is 23.8 Å². The number of benzene rings is 2. The van der Waals surface area contributed by atoms with E-state index in [0.29, 0.717) is 24.0 Å². The highest BCUT2D eigenvalue weighted by Crippen LogP contribution is 2.19. The largest absolute Gasteiger partial charge is 0.419 e. The molecule has 0 bridgehead atoms. The molecule has 106 valence electrons. The summed E-state index contributed by atoms with van der Waals surface area (Å²) in [5.74, 6) is 0.645. The monoisotopic (exact) mass is 283 g/mol. The molecule has 5 heteroatoms. The number of nitrogens with one attached hydrogen (secondary N) is 1. The number of anilines is 1. The van der Waals surface area contributed by atoms with Gasteiger partial charge in [0.05, 0.1) is 6.54 Å². The van der Waals surface area contributed by atoms with Gasteiger partial charge >= 0.3 is 0 Å². The van der Waals surface area contributed by atoms with Gasteiger partial charge < -0.3 is 9.73 Å². The van der Waals surface area contributed by atoms with Gasteiger partial charge in [0.2, 0.25) is 11.8 Å². The van der Waals surface area contributed by atoms with Gasteiger partial charge in [0.15, 0.2) is 0 Å². The van der Waals surface area contributed by atoms with E-state index in [1.54, 1.807) is 12.1 Å². The molecule has 0 amide bonds. The van der Waals surface area contributed by atoms with Gasteiger partial charge in [0, 0.05) is 11.3 Å². The van der Waals surface area contributed by atoms with E-state index in [1.165, 1.54) is 17.7 Å². The van der Waals surface area contributed by atoms with Crippen molar-refractivity contribution in [3.63, 3.8) is 0 Å². The van der Waals surface area contributed by atoms with Gasteiger partial charge in [-0.3, -0.25) is 0 Å². The van der Waals surface area contributed by atoms with Crippen LogP contribution in [-0.2, 0) is 6.54 Å². The standard InChI is InChI=1S/C16H14FN3O/c1-11-5-7-12(8-6-11)16-20-19-15(21-16)10-18-14-4-2-3-13(17)9-14/h2-9,18H,10H2,1H3. The average molecular weight is 283 g/mol. The van der Waals surface area contributed by atoms with E-state index in [0.717, 1.165) is 5.56 Å². The maximum Gasteiger partial charge on any atom is 0.247 e. The number of rotatable bonds is 4. The van der Waals surface area contributed by atoms with Gasteiger partial charge in [0.25, 0.3) is 0 Å². The van der Waals surface area contributed by atoms with Crippen molar-refractivity contribution < 1.29 is 8.81 Å². The SMILES string of the molecule is Cc1ccc(-c2nnc(CNc3cccc(F)c3)o2)cc1. The predicted molar refractivity (Wildman–Crippen MR) is 78.2 cm³/mol. The molecule has 0 saturated carbocycles. The van der Waals surface area contributed by atoms with E-state index in [2.05, 4.69) is 15.5 Å². The molecule has 3 aromatic rings. The zero-order valence-corrected chi connectivity index (χ0v) is 11.5. The van der Waals surface area contributed by atoms with Crippen molar-refractivity contribution in [1.82, 2.24) is 10.2 Å². The highest BCUT2D eigenvalue weighted by Gasteiger charge is 2.08. The molecule has 1 aromatic heterocycles. The second-order valence-corrected chi connectivity index (χ2v) is 4.73. The molecule has 0 radical (unpaired) electrons. The summed E-state index contributed by atoms with van der Waals surface area (Å²) in [4.78, 5) is 0. The van der Waals surface area contributed by atoms with Gasteiger partial charge in [-0.2, -0.15) is 0 Å². The molecule has 3 rings (SSSR count). The van der Waals surface area contributed by atoms with Crippen LogP contribution in [-0.4, -0.2) is 10.2 Å². The first kappa shape index (κ1) is 13.3. The Morgan fingerprint density at radius 3 is 2.67 bits per heavy atom. The van der Waals surface area contributed by atoms with Gasteiger partial charge in [-0.25, -0.2) is 4.39 Å². The first-order chi connectivity index (χ1) is 10.2. The van der Waals surface area contributed by atoms with Crippen LogP contribution in [0.4, 0.5) is 10.1 Å². The molecule has 2 aromatic carbocycles. The van der Waals surface area contributed by atoms with E-state index >= 15 is 0 Å². The fourth-order valence-corrected chi connectivity index (χ4v) is 1.91. The maximum absolute atomic E-state index is 13.1. The number of hydrogen-bond donors (Lipinski definition) is 1. The van der Waals surface area contributed by atoms with Crippen LogP contribution in [0.25, 0.3) is 11.5 Å². The minimum Gasteiger partial charge on any atom is -0.419 e. The predicted octanol–water partition coefficient (Wildman–Crippen LogP) is 3.80. The van der Waals surface area contributed by atoms with E-state index in [4.69, 9.17) is 4.42 Å². The summed E-state index contributed by atoms with van der Waals surface area (Å²) in [5, 5.41) is 11.0. The summed E-state index contributed by atoms with van der Waals surface area (Å²) in [6, 6.07) is 14.1. The lowest BCUT2D eigenvalue weighted by Gasteiger charge is -2.02. The Morgan fingerprint density at radius 1 is 1.10 bits per heavy atom. The first-order valence-corrected chi connectivity index (χ1v) is 6.59. The van der Waals surface area contributed by atoms with Crippen LogP contribution in [0.5, 0.6) is 0 Å². The molecule has 0 fully saturated rings. The second-order valence-electron chi connectivity index (χ2n) is 4.73. The number of aromatic nitrogens is 2. The smallest absolute Gasteiger partial charge is 0.247 e. The molecule has 0 aliphatic rings. The average Bonchev–Trinajstić information content (AvgIpc) is 2.95. The van der Waals surface area contributed by atoms with E-state index < -0.39 is 0 Å². The topological polar surface area (TPSA) is 51.0 Å². The summed E-state index contributed by atoms with van der Waals surface area (Å²) in [6.45, 7) is 2.37. The van der Waals surface area contributed by atoms with E-state index in [1.807, 2.05) is 31.2 Å². The number of halogens is 1. The molecule has 4 nitrogen and oxygen atoms in total. The Morgan fingerprint density at radius 2 is 1.90 bits per heavy atom. The Labute approximate surface area is 121 Å². The van der Waals surface area contributed by atoms with E-state index in [9.17, 15) is 4.39 Å². The van der Waals surface area contributed by atoms with Gasteiger partial charge in [-0.05, 0) is 37.3 Å². The maximum atomic E-state index is 13.1. The minimum atomic E-state index is -0.286. The summed E-state index contributed by atoms with van der Waals surface area (Å²) < 4.78 is 18.6. The van der Waals surface area contributed by atoms with Crippen molar-refractivity contribution in [3.8, 4) is 11.5 Å². The third-order valence-electron chi connectivity index (χ3n) is 3.03. The van der Waals surface area contributed by atoms with Crippen LogP contribution in [0, 0.1) is 12.7 Å². The molecule has 0 atom stereocenters. The Balaban J connectivity index is 1.69. The lowest BCUT2D eigenvalue weighted by Crippen LogP contribution is -1.99. The summed E-state index contributed by atoms with van der Waals surface area (Å²) in [6.07, 6.45) is 0. The molecular formula is C16H14FN3O. The fourth-order valence-electron chi connectivity index (χ4n) is 1.91. The Bertz CT molecular complexity index is 737. The van der Waals surface area contributed by atoms with Crippen molar-refractivity contribution in [2.45, 2.75) is 13.5 Å². The lowest BCUT2D eigenvalue weighted by molar-refractivity contribution is 0.515. The minimum absolute atomic E-state index is 0.286. The molecule has 0 saturated heterocycles. The molecule has 0 unspecified atom stereocenters. The molecule has 1 heterocycles.